The molecule has 0 amide bonds. The lowest BCUT2D eigenvalue weighted by atomic mass is 9.44. The van der Waals surface area contributed by atoms with E-state index in [0.29, 0.717) is 28.8 Å². The molecule has 0 N–H and O–H groups in total. The van der Waals surface area contributed by atoms with Crippen LogP contribution in [-0.4, -0.2) is 25.3 Å². The molecule has 1 heterocycles. The normalized spacial score (nSPS) is 51.7. The monoisotopic (exact) mass is 402 g/mol. The summed E-state index contributed by atoms with van der Waals surface area (Å²) in [6, 6.07) is 0. The SMILES string of the molecule is COC(=O)CC[C@H](C)[C@@H]1CC[C@@H]2[C@H]3CC[C@@H]4C[C@@]5(CC[C@]4(C)[C@@H]3CC[C@@]21C)CO5. The highest BCUT2D eigenvalue weighted by Crippen LogP contribution is 2.69. The molecule has 3 nitrogen and oxygen atoms in total. The third-order valence-electron chi connectivity index (χ3n) is 11.1. The van der Waals surface area contributed by atoms with Gasteiger partial charge in [-0.2, -0.15) is 0 Å². The number of rotatable bonds is 4. The van der Waals surface area contributed by atoms with Gasteiger partial charge in [0.15, 0.2) is 0 Å². The molecule has 5 fully saturated rings. The summed E-state index contributed by atoms with van der Waals surface area (Å²) in [5.74, 6) is 5.09. The molecule has 29 heavy (non-hydrogen) atoms. The van der Waals surface area contributed by atoms with Crippen molar-refractivity contribution in [3.63, 3.8) is 0 Å². The van der Waals surface area contributed by atoms with Crippen molar-refractivity contribution in [1.29, 1.82) is 0 Å². The van der Waals surface area contributed by atoms with Crippen molar-refractivity contribution in [1.82, 2.24) is 0 Å². The fourth-order valence-electron chi connectivity index (χ4n) is 9.30. The second kappa shape index (κ2) is 6.97. The summed E-state index contributed by atoms with van der Waals surface area (Å²) >= 11 is 0. The zero-order chi connectivity index (χ0) is 20.4. The maximum atomic E-state index is 11.7. The molecular formula is C26H42O3. The van der Waals surface area contributed by atoms with E-state index in [0.717, 1.165) is 42.6 Å². The molecule has 0 unspecified atom stereocenters. The highest BCUT2D eigenvalue weighted by atomic mass is 16.6. The molecule has 0 bridgehead atoms. The fourth-order valence-corrected chi connectivity index (χ4v) is 9.30. The number of esters is 1. The standard InChI is InChI=1S/C26H42O3/c1-17(5-10-23(27)28-4)20-8-9-21-19-7-6-18-15-26(16-29-26)14-13-24(18,2)22(19)11-12-25(20,21)3/h17-22H,5-16H2,1-4H3/t17-,18+,19+,20-,21+,22+,24-,25+,26-/m0/s1. The zero-order valence-electron chi connectivity index (χ0n) is 19.2. The first-order chi connectivity index (χ1) is 13.8. The van der Waals surface area contributed by atoms with Gasteiger partial charge in [0.25, 0.3) is 0 Å². The van der Waals surface area contributed by atoms with Crippen molar-refractivity contribution >= 4 is 5.97 Å². The van der Waals surface area contributed by atoms with Crippen molar-refractivity contribution in [2.45, 2.75) is 97.0 Å². The number of ether oxygens (including phenoxy) is 2. The van der Waals surface area contributed by atoms with E-state index in [1.807, 2.05) is 0 Å². The van der Waals surface area contributed by atoms with Gasteiger partial charge in [-0.15, -0.1) is 0 Å². The highest BCUT2D eigenvalue weighted by molar-refractivity contribution is 5.69. The molecule has 164 valence electrons. The zero-order valence-corrected chi connectivity index (χ0v) is 19.2. The number of hydrogen-bond acceptors (Lipinski definition) is 3. The van der Waals surface area contributed by atoms with Gasteiger partial charge in [0.05, 0.1) is 19.3 Å². The van der Waals surface area contributed by atoms with E-state index in [2.05, 4.69) is 20.8 Å². The van der Waals surface area contributed by atoms with Crippen molar-refractivity contribution < 1.29 is 14.3 Å². The van der Waals surface area contributed by atoms with E-state index in [1.165, 1.54) is 64.9 Å². The van der Waals surface area contributed by atoms with Crippen LogP contribution in [0.15, 0.2) is 0 Å². The summed E-state index contributed by atoms with van der Waals surface area (Å²) in [6.45, 7) is 8.74. The summed E-state index contributed by atoms with van der Waals surface area (Å²) in [5, 5.41) is 0. The molecule has 5 aliphatic rings. The van der Waals surface area contributed by atoms with Gasteiger partial charge in [0, 0.05) is 6.42 Å². The van der Waals surface area contributed by atoms with E-state index in [4.69, 9.17) is 9.47 Å². The third-order valence-corrected chi connectivity index (χ3v) is 11.1. The summed E-state index contributed by atoms with van der Waals surface area (Å²) in [4.78, 5) is 11.7. The number of carbonyl (C=O) groups excluding carboxylic acids is 1. The molecule has 0 aromatic heterocycles. The van der Waals surface area contributed by atoms with Crippen LogP contribution in [0.1, 0.15) is 91.4 Å². The quantitative estimate of drug-likeness (QED) is 0.427. The summed E-state index contributed by atoms with van der Waals surface area (Å²) in [7, 11) is 1.51. The molecule has 1 spiro atoms. The predicted molar refractivity (Wildman–Crippen MR) is 114 cm³/mol. The second-order valence-electron chi connectivity index (χ2n) is 12.2. The van der Waals surface area contributed by atoms with E-state index < -0.39 is 0 Å². The van der Waals surface area contributed by atoms with Crippen LogP contribution in [0.3, 0.4) is 0 Å². The summed E-state index contributed by atoms with van der Waals surface area (Å²) < 4.78 is 10.8. The number of carbonyl (C=O) groups is 1. The van der Waals surface area contributed by atoms with Crippen LogP contribution in [0, 0.1) is 46.3 Å². The van der Waals surface area contributed by atoms with Crippen LogP contribution in [0.25, 0.3) is 0 Å². The smallest absolute Gasteiger partial charge is 0.305 e. The minimum absolute atomic E-state index is 0.0405. The van der Waals surface area contributed by atoms with Crippen LogP contribution in [0.5, 0.6) is 0 Å². The van der Waals surface area contributed by atoms with Gasteiger partial charge >= 0.3 is 5.97 Å². The Kier molecular flexibility index (Phi) is 4.89. The lowest BCUT2D eigenvalue weighted by Crippen LogP contribution is -2.54. The van der Waals surface area contributed by atoms with Crippen LogP contribution in [0.4, 0.5) is 0 Å². The van der Waals surface area contributed by atoms with Gasteiger partial charge in [-0.3, -0.25) is 4.79 Å². The van der Waals surface area contributed by atoms with Crippen molar-refractivity contribution in [2.75, 3.05) is 13.7 Å². The van der Waals surface area contributed by atoms with Crippen molar-refractivity contribution in [3.8, 4) is 0 Å². The van der Waals surface area contributed by atoms with E-state index in [-0.39, 0.29) is 5.97 Å². The Labute approximate surface area is 177 Å². The maximum absolute atomic E-state index is 11.7. The van der Waals surface area contributed by atoms with Crippen LogP contribution in [-0.2, 0) is 14.3 Å². The largest absolute Gasteiger partial charge is 0.469 e. The van der Waals surface area contributed by atoms with Crippen molar-refractivity contribution in [3.05, 3.63) is 0 Å². The number of hydrogen-bond donors (Lipinski definition) is 0. The lowest BCUT2D eigenvalue weighted by Gasteiger charge is -2.61. The molecule has 9 atom stereocenters. The van der Waals surface area contributed by atoms with Gasteiger partial charge in [0.1, 0.15) is 0 Å². The predicted octanol–water partition coefficient (Wildman–Crippen LogP) is 6.00. The number of methoxy groups -OCH3 is 1. The van der Waals surface area contributed by atoms with Gasteiger partial charge in [0.2, 0.25) is 0 Å². The molecular weight excluding hydrogens is 360 g/mol. The number of fused-ring (bicyclic) bond motifs is 5. The highest BCUT2D eigenvalue weighted by Gasteiger charge is 2.63. The van der Waals surface area contributed by atoms with Crippen LogP contribution >= 0.6 is 0 Å². The third kappa shape index (κ3) is 3.12. The van der Waals surface area contributed by atoms with Crippen LogP contribution < -0.4 is 0 Å². The first-order valence-corrected chi connectivity index (χ1v) is 12.5. The lowest BCUT2D eigenvalue weighted by molar-refractivity contribution is -0.141. The van der Waals surface area contributed by atoms with Gasteiger partial charge in [-0.1, -0.05) is 20.8 Å². The molecule has 0 aromatic carbocycles. The van der Waals surface area contributed by atoms with E-state index >= 15 is 0 Å². The maximum Gasteiger partial charge on any atom is 0.305 e. The molecule has 4 saturated carbocycles. The minimum Gasteiger partial charge on any atom is -0.469 e. The molecule has 5 rings (SSSR count). The average Bonchev–Trinajstić information content (AvgIpc) is 3.37. The Hall–Kier alpha value is -0.570. The topological polar surface area (TPSA) is 38.8 Å². The molecule has 0 aromatic rings. The van der Waals surface area contributed by atoms with Crippen molar-refractivity contribution in [2.24, 2.45) is 46.3 Å². The minimum atomic E-state index is -0.0405. The molecule has 0 radical (unpaired) electrons. The first-order valence-electron chi connectivity index (χ1n) is 12.5. The second-order valence-corrected chi connectivity index (χ2v) is 12.2. The van der Waals surface area contributed by atoms with E-state index in [1.54, 1.807) is 0 Å². The molecule has 1 saturated heterocycles. The summed E-state index contributed by atoms with van der Waals surface area (Å²) in [6.07, 6.45) is 14.2. The molecule has 3 heteroatoms. The first kappa shape index (κ1) is 20.3. The van der Waals surface area contributed by atoms with Gasteiger partial charge < -0.3 is 9.47 Å². The van der Waals surface area contributed by atoms with Gasteiger partial charge in [-0.05, 0) is 111 Å². The van der Waals surface area contributed by atoms with Gasteiger partial charge in [-0.25, -0.2) is 0 Å². The Bertz CT molecular complexity index is 654. The molecule has 4 aliphatic carbocycles. The van der Waals surface area contributed by atoms with Crippen LogP contribution in [0.2, 0.25) is 0 Å². The van der Waals surface area contributed by atoms with E-state index in [9.17, 15) is 4.79 Å². The Balaban J connectivity index is 1.30. The Morgan fingerprint density at radius 1 is 1.03 bits per heavy atom. The molecule has 1 aliphatic heterocycles. The Morgan fingerprint density at radius 3 is 2.52 bits per heavy atom. The average molecular weight is 403 g/mol. The fraction of sp³-hybridized carbons (Fsp3) is 0.962. The Morgan fingerprint density at radius 2 is 1.79 bits per heavy atom. The summed E-state index contributed by atoms with van der Waals surface area (Å²) in [5.41, 5.74) is 1.37. The number of epoxide rings is 1.